The molecule has 0 aliphatic heterocycles. The van der Waals surface area contributed by atoms with Crippen molar-refractivity contribution in [1.29, 1.82) is 0 Å². The fraction of sp³-hybridized carbons (Fsp3) is 0.600. The molecule has 1 N–H and O–H groups in total. The van der Waals surface area contributed by atoms with Gasteiger partial charge in [0.15, 0.2) is 0 Å². The predicted octanol–water partition coefficient (Wildman–Crippen LogP) is 3.32. The molecule has 1 rings (SSSR count). The molecule has 0 spiro atoms. The Morgan fingerprint density at radius 1 is 1.17 bits per heavy atom. The van der Waals surface area contributed by atoms with Crippen molar-refractivity contribution in [2.45, 2.75) is 45.8 Å². The van der Waals surface area contributed by atoms with E-state index in [1.54, 1.807) is 0 Å². The molecule has 0 radical (unpaired) electrons. The van der Waals surface area contributed by atoms with Crippen LogP contribution >= 0.6 is 0 Å². The monoisotopic (exact) mass is 252 g/mol. The zero-order valence-electron chi connectivity index (χ0n) is 11.8. The summed E-state index contributed by atoms with van der Waals surface area (Å²) in [6.07, 6.45) is 0.328. The second-order valence-electron chi connectivity index (χ2n) is 4.94. The average Bonchev–Trinajstić information content (AvgIpc) is 2.37. The van der Waals surface area contributed by atoms with Crippen molar-refractivity contribution in [1.82, 2.24) is 0 Å². The molecular weight excluding hydrogens is 228 g/mol. The third-order valence-electron chi connectivity index (χ3n) is 3.06. The predicted molar refractivity (Wildman–Crippen MR) is 72.9 cm³/mol. The molecule has 102 valence electrons. The zero-order chi connectivity index (χ0) is 13.6. The maximum Gasteiger partial charge on any atom is 0.119 e. The van der Waals surface area contributed by atoms with E-state index in [1.807, 2.05) is 45.0 Å². The van der Waals surface area contributed by atoms with Crippen LogP contribution in [0.1, 0.15) is 45.8 Å². The third kappa shape index (κ3) is 4.67. The van der Waals surface area contributed by atoms with Gasteiger partial charge in [0.2, 0.25) is 0 Å². The molecule has 0 aromatic heterocycles. The van der Waals surface area contributed by atoms with E-state index in [2.05, 4.69) is 6.92 Å². The summed E-state index contributed by atoms with van der Waals surface area (Å²) in [5.74, 6) is 0.822. The molecule has 0 fully saturated rings. The Bertz CT molecular complexity index is 343. The summed E-state index contributed by atoms with van der Waals surface area (Å²) in [5.41, 5.74) is 0.664. The van der Waals surface area contributed by atoms with Crippen molar-refractivity contribution < 1.29 is 14.6 Å². The molecule has 0 aliphatic rings. The molecule has 0 aliphatic carbocycles. The fourth-order valence-corrected chi connectivity index (χ4v) is 1.46. The lowest BCUT2D eigenvalue weighted by Crippen LogP contribution is -2.25. The summed E-state index contributed by atoms with van der Waals surface area (Å²) >= 11 is 0. The van der Waals surface area contributed by atoms with E-state index in [9.17, 15) is 5.11 Å². The van der Waals surface area contributed by atoms with Crippen LogP contribution in [-0.2, 0) is 4.74 Å². The first-order valence-electron chi connectivity index (χ1n) is 6.53. The van der Waals surface area contributed by atoms with Gasteiger partial charge in [-0.25, -0.2) is 0 Å². The van der Waals surface area contributed by atoms with Crippen LogP contribution < -0.4 is 4.74 Å². The summed E-state index contributed by atoms with van der Waals surface area (Å²) in [7, 11) is 0. The lowest BCUT2D eigenvalue weighted by Gasteiger charge is -2.25. The zero-order valence-corrected chi connectivity index (χ0v) is 11.8. The van der Waals surface area contributed by atoms with Gasteiger partial charge < -0.3 is 14.6 Å². The molecule has 1 aromatic carbocycles. The molecule has 0 saturated carbocycles. The Morgan fingerprint density at radius 3 is 2.28 bits per heavy atom. The summed E-state index contributed by atoms with van der Waals surface area (Å²) in [6, 6.07) is 7.48. The van der Waals surface area contributed by atoms with Crippen LogP contribution in [0, 0.1) is 0 Å². The van der Waals surface area contributed by atoms with Crippen LogP contribution in [0.25, 0.3) is 0 Å². The van der Waals surface area contributed by atoms with E-state index in [0.717, 1.165) is 17.7 Å². The minimum atomic E-state index is -0.591. The molecule has 0 bridgehead atoms. The van der Waals surface area contributed by atoms with Crippen molar-refractivity contribution in [2.75, 3.05) is 13.2 Å². The molecule has 1 unspecified atom stereocenters. The van der Waals surface area contributed by atoms with Gasteiger partial charge in [0.25, 0.3) is 0 Å². The SMILES string of the molecule is CCOc1ccc(C(O)COC(C)(C)CC)cc1. The number of rotatable bonds is 7. The van der Waals surface area contributed by atoms with Gasteiger partial charge in [-0.1, -0.05) is 19.1 Å². The Kier molecular flexibility index (Phi) is 5.63. The van der Waals surface area contributed by atoms with Crippen molar-refractivity contribution >= 4 is 0 Å². The summed E-state index contributed by atoms with van der Waals surface area (Å²) in [4.78, 5) is 0. The van der Waals surface area contributed by atoms with Gasteiger partial charge in [0, 0.05) is 0 Å². The number of ether oxygens (including phenoxy) is 2. The standard InChI is InChI=1S/C15H24O3/c1-5-15(3,4)18-11-14(16)12-7-9-13(10-8-12)17-6-2/h7-10,14,16H,5-6,11H2,1-4H3. The van der Waals surface area contributed by atoms with E-state index >= 15 is 0 Å². The minimum absolute atomic E-state index is 0.188. The van der Waals surface area contributed by atoms with Gasteiger partial charge in [-0.3, -0.25) is 0 Å². The highest BCUT2D eigenvalue weighted by Gasteiger charge is 2.18. The van der Waals surface area contributed by atoms with Crippen LogP contribution in [-0.4, -0.2) is 23.9 Å². The fourth-order valence-electron chi connectivity index (χ4n) is 1.46. The highest BCUT2D eigenvalue weighted by molar-refractivity contribution is 5.28. The molecule has 18 heavy (non-hydrogen) atoms. The lowest BCUT2D eigenvalue weighted by molar-refractivity contribution is -0.0618. The summed E-state index contributed by atoms with van der Waals surface area (Å²) in [5, 5.41) is 10.0. The van der Waals surface area contributed by atoms with Crippen molar-refractivity contribution in [3.05, 3.63) is 29.8 Å². The van der Waals surface area contributed by atoms with Crippen LogP contribution in [0.3, 0.4) is 0 Å². The molecule has 0 amide bonds. The minimum Gasteiger partial charge on any atom is -0.494 e. The highest BCUT2D eigenvalue weighted by Crippen LogP contribution is 2.21. The number of aliphatic hydroxyl groups excluding tert-OH is 1. The van der Waals surface area contributed by atoms with E-state index in [-0.39, 0.29) is 5.60 Å². The Balaban J connectivity index is 2.53. The smallest absolute Gasteiger partial charge is 0.119 e. The summed E-state index contributed by atoms with van der Waals surface area (Å²) in [6.45, 7) is 9.03. The van der Waals surface area contributed by atoms with E-state index in [0.29, 0.717) is 13.2 Å². The number of benzene rings is 1. The first-order valence-corrected chi connectivity index (χ1v) is 6.53. The topological polar surface area (TPSA) is 38.7 Å². The van der Waals surface area contributed by atoms with E-state index in [4.69, 9.17) is 9.47 Å². The van der Waals surface area contributed by atoms with Gasteiger partial charge in [-0.15, -0.1) is 0 Å². The second kappa shape index (κ2) is 6.76. The maximum atomic E-state index is 10.0. The van der Waals surface area contributed by atoms with Crippen LogP contribution in [0.5, 0.6) is 5.75 Å². The number of aliphatic hydroxyl groups is 1. The quantitative estimate of drug-likeness (QED) is 0.809. The summed E-state index contributed by atoms with van der Waals surface area (Å²) < 4.78 is 11.1. The van der Waals surface area contributed by atoms with Gasteiger partial charge in [0.05, 0.1) is 18.8 Å². The Morgan fingerprint density at radius 2 is 1.78 bits per heavy atom. The first-order chi connectivity index (χ1) is 8.48. The molecule has 1 atom stereocenters. The maximum absolute atomic E-state index is 10.0. The Hall–Kier alpha value is -1.06. The van der Waals surface area contributed by atoms with Crippen molar-refractivity contribution in [3.63, 3.8) is 0 Å². The number of hydrogen-bond donors (Lipinski definition) is 1. The second-order valence-corrected chi connectivity index (χ2v) is 4.94. The normalized spacial score (nSPS) is 13.4. The molecular formula is C15H24O3. The lowest BCUT2D eigenvalue weighted by atomic mass is 10.1. The van der Waals surface area contributed by atoms with Crippen LogP contribution in [0.2, 0.25) is 0 Å². The van der Waals surface area contributed by atoms with E-state index < -0.39 is 6.10 Å². The van der Waals surface area contributed by atoms with Crippen molar-refractivity contribution in [3.8, 4) is 5.75 Å². The molecule has 0 heterocycles. The average molecular weight is 252 g/mol. The highest BCUT2D eigenvalue weighted by atomic mass is 16.5. The van der Waals surface area contributed by atoms with Crippen molar-refractivity contribution in [2.24, 2.45) is 0 Å². The van der Waals surface area contributed by atoms with Gasteiger partial charge >= 0.3 is 0 Å². The molecule has 1 aromatic rings. The van der Waals surface area contributed by atoms with E-state index in [1.165, 1.54) is 0 Å². The largest absolute Gasteiger partial charge is 0.494 e. The number of hydrogen-bond acceptors (Lipinski definition) is 3. The van der Waals surface area contributed by atoms with Gasteiger partial charge in [-0.2, -0.15) is 0 Å². The molecule has 3 heteroatoms. The first kappa shape index (κ1) is 15.0. The van der Waals surface area contributed by atoms with Crippen LogP contribution in [0.4, 0.5) is 0 Å². The third-order valence-corrected chi connectivity index (χ3v) is 3.06. The molecule has 0 saturated heterocycles. The van der Waals surface area contributed by atoms with Gasteiger partial charge in [0.1, 0.15) is 11.9 Å². The molecule has 3 nitrogen and oxygen atoms in total. The van der Waals surface area contributed by atoms with Gasteiger partial charge in [-0.05, 0) is 44.9 Å². The van der Waals surface area contributed by atoms with Crippen LogP contribution in [0.15, 0.2) is 24.3 Å². The Labute approximate surface area is 110 Å².